The molecule has 10 bridgehead atoms. The highest BCUT2D eigenvalue weighted by atomic mass is 15.3. The Morgan fingerprint density at radius 3 is 1.70 bits per heavy atom. The summed E-state index contributed by atoms with van der Waals surface area (Å²) in [5.74, 6) is 0. The van der Waals surface area contributed by atoms with Crippen LogP contribution in [0.2, 0.25) is 0 Å². The monoisotopic (exact) mass is 395 g/mol. The molecule has 2 aromatic heterocycles. The van der Waals surface area contributed by atoms with E-state index in [0.717, 1.165) is 46.1 Å². The van der Waals surface area contributed by atoms with Gasteiger partial charge >= 0.3 is 0 Å². The van der Waals surface area contributed by atoms with Crippen molar-refractivity contribution < 1.29 is 0 Å². The maximum atomic E-state index is 4.72. The van der Waals surface area contributed by atoms with Crippen LogP contribution in [0.25, 0.3) is 24.7 Å². The van der Waals surface area contributed by atoms with E-state index in [9.17, 15) is 0 Å². The maximum absolute atomic E-state index is 4.72. The number of allylic oxidation sites excluding steroid dienone is 2. The molecule has 0 unspecified atom stereocenters. The maximum Gasteiger partial charge on any atom is 0.0979 e. The molecule has 0 radical (unpaired) electrons. The number of fused-ring (bicyclic) bond motifs is 9. The van der Waals surface area contributed by atoms with E-state index in [-0.39, 0.29) is 0 Å². The van der Waals surface area contributed by atoms with Crippen LogP contribution in [0.3, 0.4) is 0 Å². The first-order chi connectivity index (χ1) is 14.7. The highest BCUT2D eigenvalue weighted by Crippen LogP contribution is 2.14. The first-order valence-corrected chi connectivity index (χ1v) is 9.91. The molecule has 0 saturated heterocycles. The van der Waals surface area contributed by atoms with Gasteiger partial charge in [-0.15, -0.1) is 0 Å². The molecule has 0 saturated carbocycles. The van der Waals surface area contributed by atoms with E-state index < -0.39 is 0 Å². The molecular formula is C23H21N7. The largest absolute Gasteiger partial charge is 0.354 e. The molecule has 2 N–H and O–H groups in total. The summed E-state index contributed by atoms with van der Waals surface area (Å²) in [7, 11) is 0. The van der Waals surface area contributed by atoms with E-state index >= 15 is 0 Å². The number of hydrogen-bond donors (Lipinski definition) is 2. The number of aliphatic imine (C=N–C) groups is 1. The van der Waals surface area contributed by atoms with E-state index in [4.69, 9.17) is 4.99 Å². The van der Waals surface area contributed by atoms with Crippen LogP contribution in [-0.4, -0.2) is 48.6 Å². The molecule has 0 aromatic carbocycles. The van der Waals surface area contributed by atoms with E-state index in [1.54, 1.807) is 0 Å². The molecule has 2 aromatic rings. The second kappa shape index (κ2) is 6.73. The van der Waals surface area contributed by atoms with Gasteiger partial charge in [0.1, 0.15) is 0 Å². The molecule has 0 amide bonds. The Kier molecular flexibility index (Phi) is 3.77. The van der Waals surface area contributed by atoms with Gasteiger partial charge in [0.15, 0.2) is 0 Å². The highest BCUT2D eigenvalue weighted by Gasteiger charge is 2.11. The van der Waals surface area contributed by atoms with Crippen LogP contribution in [0.5, 0.6) is 0 Å². The quantitative estimate of drug-likeness (QED) is 0.659. The molecule has 148 valence electrons. The third-order valence-corrected chi connectivity index (χ3v) is 5.21. The van der Waals surface area contributed by atoms with Crippen molar-refractivity contribution in [1.29, 1.82) is 0 Å². The van der Waals surface area contributed by atoms with Crippen molar-refractivity contribution in [2.75, 3.05) is 13.3 Å². The summed E-state index contributed by atoms with van der Waals surface area (Å²) in [6.45, 7) is 1.52. The van der Waals surface area contributed by atoms with Gasteiger partial charge in [0.25, 0.3) is 0 Å². The summed E-state index contributed by atoms with van der Waals surface area (Å²) in [6, 6.07) is 8.36. The number of aromatic nitrogens is 2. The van der Waals surface area contributed by atoms with Gasteiger partial charge in [-0.2, -0.15) is 0 Å². The number of rotatable bonds is 0. The average molecular weight is 395 g/mol. The number of nitrogens with zero attached hydrogens (tertiary/aromatic N) is 5. The van der Waals surface area contributed by atoms with Crippen LogP contribution in [0, 0.1) is 0 Å². The second-order valence-electron chi connectivity index (χ2n) is 7.63. The lowest BCUT2D eigenvalue weighted by atomic mass is 10.3. The number of H-pyrrole nitrogens is 2. The van der Waals surface area contributed by atoms with E-state index in [1.807, 2.05) is 12.2 Å². The minimum atomic E-state index is 0.754. The third-order valence-electron chi connectivity index (χ3n) is 5.21. The Hall–Kier alpha value is -4.13. The number of hydrogen-bond acceptors (Lipinski definition) is 5. The first-order valence-electron chi connectivity index (χ1n) is 9.91. The Balaban J connectivity index is 1.42. The second-order valence-corrected chi connectivity index (χ2v) is 7.63. The topological polar surface area (TPSA) is 56.9 Å². The van der Waals surface area contributed by atoms with E-state index in [1.165, 1.54) is 0 Å². The average Bonchev–Trinajstić information content (AvgIpc) is 3.52. The lowest BCUT2D eigenvalue weighted by Crippen LogP contribution is -2.23. The Bertz CT molecular complexity index is 1380. The van der Waals surface area contributed by atoms with Gasteiger partial charge < -0.3 is 29.6 Å². The van der Waals surface area contributed by atoms with Crippen LogP contribution in [-0.2, 0) is 0 Å². The van der Waals surface area contributed by atoms with Gasteiger partial charge in [-0.1, -0.05) is 0 Å². The lowest BCUT2D eigenvalue weighted by molar-refractivity contribution is 0.411. The van der Waals surface area contributed by atoms with Crippen molar-refractivity contribution in [2.45, 2.75) is 0 Å². The Morgan fingerprint density at radius 2 is 1.10 bits per heavy atom. The minimum absolute atomic E-state index is 0.754. The van der Waals surface area contributed by atoms with Gasteiger partial charge in [-0.25, -0.2) is 4.99 Å². The molecule has 0 spiro atoms. The summed E-state index contributed by atoms with van der Waals surface area (Å²) in [5, 5.41) is 4.22. The summed E-state index contributed by atoms with van der Waals surface area (Å²) < 4.78 is 0. The molecule has 0 aliphatic carbocycles. The molecule has 0 atom stereocenters. The van der Waals surface area contributed by atoms with Crippen molar-refractivity contribution in [3.63, 3.8) is 0 Å². The number of nitrogens with one attached hydrogen (secondary N) is 2. The van der Waals surface area contributed by atoms with Gasteiger partial charge in [0.05, 0.1) is 40.8 Å². The van der Waals surface area contributed by atoms with Crippen molar-refractivity contribution in [1.82, 2.24) is 29.6 Å². The molecule has 7 nitrogen and oxygen atoms in total. The molecule has 4 aliphatic heterocycles. The fraction of sp³-hybridized carbons (Fsp3) is 0.0870. The zero-order valence-electron chi connectivity index (χ0n) is 16.3. The zero-order chi connectivity index (χ0) is 19.9. The highest BCUT2D eigenvalue weighted by molar-refractivity contribution is 6.19. The number of aromatic amines is 2. The minimum Gasteiger partial charge on any atom is -0.354 e. The molecule has 6 heterocycles. The Morgan fingerprint density at radius 1 is 0.600 bits per heavy atom. The van der Waals surface area contributed by atoms with Crippen molar-refractivity contribution in [3.05, 3.63) is 94.5 Å². The molecule has 4 aliphatic rings. The van der Waals surface area contributed by atoms with Crippen LogP contribution in [0.1, 0.15) is 0 Å². The molecule has 6 rings (SSSR count). The fourth-order valence-corrected chi connectivity index (χ4v) is 3.82. The molecular weight excluding hydrogens is 374 g/mol. The standard InChI is InChI=1S/C23H21N7/c1-3-20-12-27-7-9-29(16-27)14-22-5-6-23(26-22)15-30-10-8-28(17-30)13-21-4-2-19(25-21)11-18(1)24-20/h1-15,24,26H,16-17H2. The predicted octanol–water partition coefficient (Wildman–Crippen LogP) is -0.00410. The van der Waals surface area contributed by atoms with Gasteiger partial charge in [0.2, 0.25) is 0 Å². The smallest absolute Gasteiger partial charge is 0.0979 e. The van der Waals surface area contributed by atoms with Crippen LogP contribution in [0.4, 0.5) is 0 Å². The van der Waals surface area contributed by atoms with Crippen LogP contribution >= 0.6 is 0 Å². The summed E-state index contributed by atoms with van der Waals surface area (Å²) in [5.41, 5.74) is 1.89. The van der Waals surface area contributed by atoms with E-state index in [0.29, 0.717) is 0 Å². The normalized spacial score (nSPS) is 19.2. The van der Waals surface area contributed by atoms with Gasteiger partial charge in [-0.05, 0) is 42.5 Å². The molecule has 0 fully saturated rings. The summed E-state index contributed by atoms with van der Waals surface area (Å²) in [4.78, 5) is 20.2. The zero-order valence-corrected chi connectivity index (χ0v) is 16.3. The van der Waals surface area contributed by atoms with Crippen molar-refractivity contribution in [3.8, 4) is 0 Å². The van der Waals surface area contributed by atoms with Crippen LogP contribution in [0.15, 0.2) is 78.1 Å². The van der Waals surface area contributed by atoms with Gasteiger partial charge in [-0.3, -0.25) is 0 Å². The Labute approximate surface area is 173 Å². The van der Waals surface area contributed by atoms with E-state index in [2.05, 4.69) is 110 Å². The third kappa shape index (κ3) is 3.37. The summed E-state index contributed by atoms with van der Waals surface area (Å²) in [6.07, 6.45) is 22.8. The summed E-state index contributed by atoms with van der Waals surface area (Å²) >= 11 is 0. The van der Waals surface area contributed by atoms with Crippen LogP contribution < -0.4 is 21.4 Å². The van der Waals surface area contributed by atoms with Crippen molar-refractivity contribution in [2.24, 2.45) is 4.99 Å². The molecule has 30 heavy (non-hydrogen) atoms. The first kappa shape index (κ1) is 16.8. The fourth-order valence-electron chi connectivity index (χ4n) is 3.82. The van der Waals surface area contributed by atoms with Gasteiger partial charge in [0, 0.05) is 54.9 Å². The van der Waals surface area contributed by atoms with Crippen molar-refractivity contribution >= 4 is 30.4 Å². The SMILES string of the molecule is C1=CC2=NC1=CN1C=CN(C=c3ccc([nH]3)=CN3C=CN(C=c4ccc([nH]4)=C2)C3)C1. The molecule has 7 heteroatoms. The predicted molar refractivity (Wildman–Crippen MR) is 118 cm³/mol. The lowest BCUT2D eigenvalue weighted by Gasteiger charge is -2.14.